The summed E-state index contributed by atoms with van der Waals surface area (Å²) < 4.78 is 84.8. The SMILES string of the molecule is O=C(c1ccc(C(F)(F)F)cc1)N1CCC[C@@H]1c1nc2cc(-c3ccccc3C(F)(F)F)ccc2o1. The van der Waals surface area contributed by atoms with E-state index in [1.54, 1.807) is 0 Å². The maximum atomic E-state index is 13.5. The molecule has 1 aliphatic heterocycles. The van der Waals surface area contributed by atoms with Crippen molar-refractivity contribution in [3.63, 3.8) is 0 Å². The van der Waals surface area contributed by atoms with Gasteiger partial charge in [-0.1, -0.05) is 24.3 Å². The van der Waals surface area contributed by atoms with Gasteiger partial charge in [-0.25, -0.2) is 4.98 Å². The van der Waals surface area contributed by atoms with Crippen LogP contribution >= 0.6 is 0 Å². The van der Waals surface area contributed by atoms with Gasteiger partial charge in [0.1, 0.15) is 11.6 Å². The van der Waals surface area contributed by atoms with Crippen molar-refractivity contribution in [3.8, 4) is 11.1 Å². The van der Waals surface area contributed by atoms with Crippen LogP contribution in [0.3, 0.4) is 0 Å². The Morgan fingerprint density at radius 2 is 1.64 bits per heavy atom. The summed E-state index contributed by atoms with van der Waals surface area (Å²) >= 11 is 0. The molecule has 1 atom stereocenters. The Labute approximate surface area is 201 Å². The number of halogens is 6. The number of alkyl halides is 6. The van der Waals surface area contributed by atoms with E-state index in [2.05, 4.69) is 4.98 Å². The molecule has 2 heterocycles. The molecule has 1 amide bonds. The molecule has 1 saturated heterocycles. The van der Waals surface area contributed by atoms with Crippen LogP contribution in [0.4, 0.5) is 26.3 Å². The summed E-state index contributed by atoms with van der Waals surface area (Å²) in [6, 6.07) is 13.2. The molecule has 1 aliphatic rings. The Balaban J connectivity index is 1.44. The van der Waals surface area contributed by atoms with Gasteiger partial charge in [0.15, 0.2) is 5.58 Å². The minimum Gasteiger partial charge on any atom is -0.438 e. The zero-order valence-corrected chi connectivity index (χ0v) is 18.5. The highest BCUT2D eigenvalue weighted by Crippen LogP contribution is 2.39. The van der Waals surface area contributed by atoms with Crippen LogP contribution in [0.5, 0.6) is 0 Å². The Kier molecular flexibility index (Phi) is 5.77. The smallest absolute Gasteiger partial charge is 0.417 e. The lowest BCUT2D eigenvalue weighted by Crippen LogP contribution is -2.30. The molecule has 0 N–H and O–H groups in total. The third kappa shape index (κ3) is 4.43. The topological polar surface area (TPSA) is 46.3 Å². The maximum Gasteiger partial charge on any atom is 0.417 e. The molecule has 0 bridgehead atoms. The van der Waals surface area contributed by atoms with E-state index in [0.29, 0.717) is 36.0 Å². The summed E-state index contributed by atoms with van der Waals surface area (Å²) in [7, 11) is 0. The van der Waals surface area contributed by atoms with E-state index in [1.807, 2.05) is 0 Å². The van der Waals surface area contributed by atoms with Gasteiger partial charge in [0.05, 0.1) is 11.1 Å². The van der Waals surface area contributed by atoms with Crippen LogP contribution in [-0.4, -0.2) is 22.3 Å². The molecular formula is C26H18F6N2O2. The number of hydrogen-bond donors (Lipinski definition) is 0. The molecule has 1 fully saturated rings. The molecule has 4 nitrogen and oxygen atoms in total. The second-order valence-electron chi connectivity index (χ2n) is 8.51. The lowest BCUT2D eigenvalue weighted by atomic mass is 9.99. The molecule has 5 rings (SSSR count). The number of amides is 1. The van der Waals surface area contributed by atoms with Crippen LogP contribution in [0, 0.1) is 0 Å². The molecule has 186 valence electrons. The van der Waals surface area contributed by atoms with Crippen LogP contribution in [0.2, 0.25) is 0 Å². The zero-order chi connectivity index (χ0) is 25.7. The van der Waals surface area contributed by atoms with Crippen molar-refractivity contribution < 1.29 is 35.6 Å². The number of hydrogen-bond acceptors (Lipinski definition) is 3. The fraction of sp³-hybridized carbons (Fsp3) is 0.231. The molecule has 1 aromatic heterocycles. The first-order valence-electron chi connectivity index (χ1n) is 11.1. The van der Waals surface area contributed by atoms with Gasteiger partial charge in [0.25, 0.3) is 5.91 Å². The van der Waals surface area contributed by atoms with Gasteiger partial charge >= 0.3 is 12.4 Å². The summed E-state index contributed by atoms with van der Waals surface area (Å²) in [5.41, 5.74) is -0.482. The molecule has 0 aliphatic carbocycles. The van der Waals surface area contributed by atoms with Gasteiger partial charge in [0.2, 0.25) is 5.89 Å². The molecule has 10 heteroatoms. The summed E-state index contributed by atoms with van der Waals surface area (Å²) in [5, 5.41) is 0. The highest BCUT2D eigenvalue weighted by Gasteiger charge is 2.36. The number of carbonyl (C=O) groups excluding carboxylic acids is 1. The number of nitrogens with zero attached hydrogens (tertiary/aromatic N) is 2. The van der Waals surface area contributed by atoms with Gasteiger partial charge < -0.3 is 9.32 Å². The zero-order valence-electron chi connectivity index (χ0n) is 18.5. The average molecular weight is 504 g/mol. The van der Waals surface area contributed by atoms with Gasteiger partial charge in [-0.2, -0.15) is 26.3 Å². The summed E-state index contributed by atoms with van der Waals surface area (Å²) in [6.07, 6.45) is -7.86. The van der Waals surface area contributed by atoms with E-state index in [9.17, 15) is 31.1 Å². The molecule has 0 unspecified atom stereocenters. The quantitative estimate of drug-likeness (QED) is 0.271. The van der Waals surface area contributed by atoms with Crippen molar-refractivity contribution in [2.24, 2.45) is 0 Å². The largest absolute Gasteiger partial charge is 0.438 e. The van der Waals surface area contributed by atoms with Crippen LogP contribution in [-0.2, 0) is 12.4 Å². The third-order valence-electron chi connectivity index (χ3n) is 6.21. The Hall–Kier alpha value is -3.82. The van der Waals surface area contributed by atoms with Gasteiger partial charge in [-0.3, -0.25) is 4.79 Å². The van der Waals surface area contributed by atoms with Crippen molar-refractivity contribution in [2.45, 2.75) is 31.2 Å². The number of likely N-dealkylation sites (tertiary alicyclic amines) is 1. The number of fused-ring (bicyclic) bond motifs is 1. The first-order valence-corrected chi connectivity index (χ1v) is 11.1. The summed E-state index contributed by atoms with van der Waals surface area (Å²) in [6.45, 7) is 0.369. The number of aromatic nitrogens is 1. The highest BCUT2D eigenvalue weighted by atomic mass is 19.4. The Bertz CT molecular complexity index is 1420. The van der Waals surface area contributed by atoms with E-state index in [0.717, 1.165) is 30.3 Å². The third-order valence-corrected chi connectivity index (χ3v) is 6.21. The first kappa shape index (κ1) is 23.9. The molecule has 4 aromatic rings. The van der Waals surface area contributed by atoms with Crippen molar-refractivity contribution >= 4 is 17.0 Å². The number of carbonyl (C=O) groups is 1. The number of rotatable bonds is 3. The van der Waals surface area contributed by atoms with E-state index >= 15 is 0 Å². The average Bonchev–Trinajstić information content (AvgIpc) is 3.49. The number of oxazole rings is 1. The first-order chi connectivity index (χ1) is 17.0. The molecule has 36 heavy (non-hydrogen) atoms. The Morgan fingerprint density at radius 1 is 0.917 bits per heavy atom. The van der Waals surface area contributed by atoms with E-state index < -0.39 is 35.4 Å². The van der Waals surface area contributed by atoms with Gasteiger partial charge in [-0.05, 0) is 66.4 Å². The number of benzene rings is 3. The molecule has 0 saturated carbocycles. The summed E-state index contributed by atoms with van der Waals surface area (Å²) in [4.78, 5) is 19.0. The minimum atomic E-state index is -4.52. The van der Waals surface area contributed by atoms with Crippen LogP contribution in [0.15, 0.2) is 71.1 Å². The molecular weight excluding hydrogens is 486 g/mol. The second kappa shape index (κ2) is 8.69. The standard InChI is InChI=1S/C26H18F6N2O2/c27-25(28,29)17-10-7-15(8-11-17)24(35)34-13-3-6-21(34)23-33-20-14-16(9-12-22(20)36-23)18-4-1-2-5-19(18)26(30,31)32/h1-2,4-5,7-12,14,21H,3,6,13H2/t21-/m1/s1. The van der Waals surface area contributed by atoms with E-state index in [1.165, 1.54) is 41.3 Å². The fourth-order valence-electron chi connectivity index (χ4n) is 4.47. The van der Waals surface area contributed by atoms with Crippen molar-refractivity contribution in [1.82, 2.24) is 9.88 Å². The monoisotopic (exact) mass is 504 g/mol. The van der Waals surface area contributed by atoms with Crippen molar-refractivity contribution in [1.29, 1.82) is 0 Å². The van der Waals surface area contributed by atoms with Crippen LogP contribution in [0.1, 0.15) is 46.3 Å². The minimum absolute atomic E-state index is 0.0106. The maximum absolute atomic E-state index is 13.5. The second-order valence-corrected chi connectivity index (χ2v) is 8.51. The van der Waals surface area contributed by atoms with Crippen LogP contribution < -0.4 is 0 Å². The lowest BCUT2D eigenvalue weighted by Gasteiger charge is -2.22. The van der Waals surface area contributed by atoms with Gasteiger partial charge in [0, 0.05) is 12.1 Å². The molecule has 0 radical (unpaired) electrons. The summed E-state index contributed by atoms with van der Waals surface area (Å²) in [5.74, 6) is -0.225. The molecule has 0 spiro atoms. The van der Waals surface area contributed by atoms with Crippen molar-refractivity contribution in [2.75, 3.05) is 6.54 Å². The van der Waals surface area contributed by atoms with E-state index in [-0.39, 0.29) is 17.0 Å². The predicted octanol–water partition coefficient (Wildman–Crippen LogP) is 7.51. The normalized spacial score (nSPS) is 16.6. The predicted molar refractivity (Wildman–Crippen MR) is 119 cm³/mol. The van der Waals surface area contributed by atoms with Crippen LogP contribution in [0.25, 0.3) is 22.2 Å². The van der Waals surface area contributed by atoms with E-state index in [4.69, 9.17) is 4.42 Å². The molecule has 3 aromatic carbocycles. The van der Waals surface area contributed by atoms with Crippen molar-refractivity contribution in [3.05, 3.63) is 89.3 Å². The van der Waals surface area contributed by atoms with Gasteiger partial charge in [-0.15, -0.1) is 0 Å². The highest BCUT2D eigenvalue weighted by molar-refractivity contribution is 5.94. The Morgan fingerprint density at radius 3 is 2.33 bits per heavy atom. The lowest BCUT2D eigenvalue weighted by molar-refractivity contribution is -0.138. The fourth-order valence-corrected chi connectivity index (χ4v) is 4.47.